The van der Waals surface area contributed by atoms with Crippen LogP contribution in [-0.2, 0) is 0 Å². The summed E-state index contributed by atoms with van der Waals surface area (Å²) in [5, 5.41) is 5.63. The minimum Gasteiger partial charge on any atom is -0.324 e. The van der Waals surface area contributed by atoms with Crippen LogP contribution in [0.1, 0.15) is 10.4 Å². The lowest BCUT2D eigenvalue weighted by atomic mass is 10.1. The number of halogens is 3. The summed E-state index contributed by atoms with van der Waals surface area (Å²) in [6.45, 7) is 0. The van der Waals surface area contributed by atoms with E-state index < -0.39 is 5.82 Å². The number of hydrogen-bond donors (Lipinski definition) is 2. The maximum atomic E-state index is 13.3. The molecule has 1 aromatic heterocycles. The third kappa shape index (κ3) is 5.02. The fourth-order valence-electron chi connectivity index (χ4n) is 2.83. The Kier molecular flexibility index (Phi) is 5.86. The number of hydrogen-bond acceptors (Lipinski definition) is 4. The van der Waals surface area contributed by atoms with Crippen molar-refractivity contribution in [3.63, 3.8) is 0 Å². The highest BCUT2D eigenvalue weighted by Crippen LogP contribution is 2.22. The number of benzene rings is 3. The van der Waals surface area contributed by atoms with E-state index in [9.17, 15) is 13.6 Å². The average Bonchev–Trinajstić information content (AvgIpc) is 2.78. The molecule has 0 bridgehead atoms. The zero-order valence-corrected chi connectivity index (χ0v) is 16.7. The minimum atomic E-state index is -0.559. The van der Waals surface area contributed by atoms with Crippen molar-refractivity contribution < 1.29 is 13.6 Å². The smallest absolute Gasteiger partial charge is 0.255 e. The first-order valence-electron chi connectivity index (χ1n) is 9.19. The first-order valence-corrected chi connectivity index (χ1v) is 9.57. The maximum Gasteiger partial charge on any atom is 0.255 e. The average molecular weight is 437 g/mol. The summed E-state index contributed by atoms with van der Waals surface area (Å²) in [6, 6.07) is 16.8. The van der Waals surface area contributed by atoms with Crippen LogP contribution >= 0.6 is 11.6 Å². The number of anilines is 3. The van der Waals surface area contributed by atoms with E-state index in [-0.39, 0.29) is 16.7 Å². The lowest BCUT2D eigenvalue weighted by Crippen LogP contribution is -2.12. The van der Waals surface area contributed by atoms with Crippen LogP contribution in [0.4, 0.5) is 26.1 Å². The first-order chi connectivity index (χ1) is 15.0. The number of carbonyl (C=O) groups excluding carboxylic acids is 1. The van der Waals surface area contributed by atoms with Crippen LogP contribution in [0, 0.1) is 11.6 Å². The maximum absolute atomic E-state index is 13.3. The standard InChI is InChI=1S/C23H15ClF2N4O/c24-20-11-19(8-9-21(20)26)29-22(31)15-2-1-3-18(10-15)30-23-27-12-16(13-28-23)14-4-6-17(25)7-5-14/h1-13H,(H,29,31)(H,27,28,30). The summed E-state index contributed by atoms with van der Waals surface area (Å²) in [5.74, 6) is -0.904. The molecule has 4 rings (SSSR count). The Bertz CT molecular complexity index is 1230. The number of carbonyl (C=O) groups is 1. The Balaban J connectivity index is 1.46. The molecule has 5 nitrogen and oxygen atoms in total. The molecule has 1 heterocycles. The minimum absolute atomic E-state index is 0.0746. The molecule has 0 saturated heterocycles. The highest BCUT2D eigenvalue weighted by Gasteiger charge is 2.09. The van der Waals surface area contributed by atoms with Gasteiger partial charge in [-0.2, -0.15) is 0 Å². The summed E-state index contributed by atoms with van der Waals surface area (Å²) in [4.78, 5) is 21.0. The van der Waals surface area contributed by atoms with E-state index >= 15 is 0 Å². The van der Waals surface area contributed by atoms with Gasteiger partial charge in [0.1, 0.15) is 11.6 Å². The van der Waals surface area contributed by atoms with Gasteiger partial charge in [0.15, 0.2) is 0 Å². The zero-order chi connectivity index (χ0) is 21.8. The van der Waals surface area contributed by atoms with E-state index in [1.807, 2.05) is 0 Å². The van der Waals surface area contributed by atoms with Crippen LogP contribution in [-0.4, -0.2) is 15.9 Å². The number of nitrogens with zero attached hydrogens (tertiary/aromatic N) is 2. The zero-order valence-electron chi connectivity index (χ0n) is 15.9. The van der Waals surface area contributed by atoms with Crippen molar-refractivity contribution in [1.82, 2.24) is 9.97 Å². The normalized spacial score (nSPS) is 10.5. The highest BCUT2D eigenvalue weighted by molar-refractivity contribution is 6.31. The molecule has 0 radical (unpaired) electrons. The van der Waals surface area contributed by atoms with Gasteiger partial charge in [0, 0.05) is 34.9 Å². The van der Waals surface area contributed by atoms with Gasteiger partial charge in [-0.25, -0.2) is 18.7 Å². The van der Waals surface area contributed by atoms with Gasteiger partial charge in [-0.05, 0) is 54.1 Å². The fourth-order valence-corrected chi connectivity index (χ4v) is 3.01. The van der Waals surface area contributed by atoms with Crippen molar-refractivity contribution in [2.24, 2.45) is 0 Å². The van der Waals surface area contributed by atoms with E-state index in [0.29, 0.717) is 22.9 Å². The van der Waals surface area contributed by atoms with Crippen LogP contribution < -0.4 is 10.6 Å². The topological polar surface area (TPSA) is 66.9 Å². The molecule has 0 unspecified atom stereocenters. The Morgan fingerprint density at radius 3 is 2.29 bits per heavy atom. The lowest BCUT2D eigenvalue weighted by molar-refractivity contribution is 0.102. The van der Waals surface area contributed by atoms with Gasteiger partial charge in [-0.15, -0.1) is 0 Å². The number of aromatic nitrogens is 2. The van der Waals surface area contributed by atoms with Crippen LogP contribution in [0.2, 0.25) is 5.02 Å². The van der Waals surface area contributed by atoms with Gasteiger partial charge < -0.3 is 10.6 Å². The summed E-state index contributed by atoms with van der Waals surface area (Å²) in [7, 11) is 0. The molecule has 3 aromatic carbocycles. The van der Waals surface area contributed by atoms with E-state index in [1.165, 1.54) is 30.3 Å². The molecule has 0 spiro atoms. The molecule has 0 saturated carbocycles. The molecule has 2 N–H and O–H groups in total. The van der Waals surface area contributed by atoms with Crippen LogP contribution in [0.25, 0.3) is 11.1 Å². The van der Waals surface area contributed by atoms with Gasteiger partial charge in [0.05, 0.1) is 5.02 Å². The SMILES string of the molecule is O=C(Nc1ccc(F)c(Cl)c1)c1cccc(Nc2ncc(-c3ccc(F)cc3)cn2)c1. The molecular formula is C23H15ClF2N4O. The molecular weight excluding hydrogens is 422 g/mol. The summed E-state index contributed by atoms with van der Waals surface area (Å²) in [5.41, 5.74) is 2.92. The van der Waals surface area contributed by atoms with E-state index in [4.69, 9.17) is 11.6 Å². The summed E-state index contributed by atoms with van der Waals surface area (Å²) in [6.07, 6.45) is 3.24. The number of amides is 1. The summed E-state index contributed by atoms with van der Waals surface area (Å²) < 4.78 is 26.3. The van der Waals surface area contributed by atoms with Crippen molar-refractivity contribution in [3.05, 3.63) is 101 Å². The van der Waals surface area contributed by atoms with E-state index in [2.05, 4.69) is 20.6 Å². The van der Waals surface area contributed by atoms with Crippen LogP contribution in [0.15, 0.2) is 79.1 Å². The molecule has 0 atom stereocenters. The Morgan fingerprint density at radius 2 is 1.58 bits per heavy atom. The van der Waals surface area contributed by atoms with Gasteiger partial charge in [-0.1, -0.05) is 29.8 Å². The van der Waals surface area contributed by atoms with Crippen LogP contribution in [0.3, 0.4) is 0 Å². The molecule has 0 aliphatic rings. The van der Waals surface area contributed by atoms with Gasteiger partial charge in [0.2, 0.25) is 5.95 Å². The predicted molar refractivity (Wildman–Crippen MR) is 117 cm³/mol. The second-order valence-electron chi connectivity index (χ2n) is 6.59. The lowest BCUT2D eigenvalue weighted by Gasteiger charge is -2.09. The van der Waals surface area contributed by atoms with Crippen molar-refractivity contribution in [2.75, 3.05) is 10.6 Å². The molecule has 4 aromatic rings. The molecule has 0 fully saturated rings. The number of nitrogens with one attached hydrogen (secondary N) is 2. The van der Waals surface area contributed by atoms with Crippen molar-refractivity contribution in [3.8, 4) is 11.1 Å². The van der Waals surface area contributed by atoms with Crippen LogP contribution in [0.5, 0.6) is 0 Å². The van der Waals surface area contributed by atoms with Gasteiger partial charge >= 0.3 is 0 Å². The molecule has 154 valence electrons. The Hall–Kier alpha value is -3.84. The molecule has 8 heteroatoms. The largest absolute Gasteiger partial charge is 0.324 e. The molecule has 31 heavy (non-hydrogen) atoms. The van der Waals surface area contributed by atoms with E-state index in [1.54, 1.807) is 48.8 Å². The predicted octanol–water partition coefficient (Wildman–Crippen LogP) is 6.07. The molecule has 0 aliphatic carbocycles. The van der Waals surface area contributed by atoms with E-state index in [0.717, 1.165) is 11.1 Å². The van der Waals surface area contributed by atoms with Crippen molar-refractivity contribution in [2.45, 2.75) is 0 Å². The fraction of sp³-hybridized carbons (Fsp3) is 0. The first kappa shape index (κ1) is 20.4. The van der Waals surface area contributed by atoms with Crippen molar-refractivity contribution in [1.29, 1.82) is 0 Å². The molecule has 0 aliphatic heterocycles. The van der Waals surface area contributed by atoms with Gasteiger partial charge in [0.25, 0.3) is 5.91 Å². The molecule has 1 amide bonds. The van der Waals surface area contributed by atoms with Gasteiger partial charge in [-0.3, -0.25) is 4.79 Å². The Morgan fingerprint density at radius 1 is 0.839 bits per heavy atom. The van der Waals surface area contributed by atoms with Crippen molar-refractivity contribution >= 4 is 34.8 Å². The number of rotatable bonds is 5. The Labute approximate surface area is 181 Å². The second-order valence-corrected chi connectivity index (χ2v) is 7.00. The monoisotopic (exact) mass is 436 g/mol. The highest BCUT2D eigenvalue weighted by atomic mass is 35.5. The summed E-state index contributed by atoms with van der Waals surface area (Å²) >= 11 is 5.75. The third-order valence-electron chi connectivity index (χ3n) is 4.39. The quantitative estimate of drug-likeness (QED) is 0.398. The second kappa shape index (κ2) is 8.89. The third-order valence-corrected chi connectivity index (χ3v) is 4.68.